The number of carbonyl (C=O) groups is 2. The van der Waals surface area contributed by atoms with Crippen LogP contribution in [0.5, 0.6) is 5.75 Å². The molecule has 0 saturated heterocycles. The van der Waals surface area contributed by atoms with Gasteiger partial charge in [0, 0.05) is 10.6 Å². The van der Waals surface area contributed by atoms with E-state index in [1.165, 1.54) is 19.1 Å². The third-order valence-electron chi connectivity index (χ3n) is 3.87. The molecule has 1 aromatic carbocycles. The maximum Gasteiger partial charge on any atom is 0.511 e. The zero-order valence-corrected chi connectivity index (χ0v) is 17.6. The molecular formula is C18H17ClF3NO10. The second kappa shape index (κ2) is 11.6. The Morgan fingerprint density at radius 1 is 1.15 bits per heavy atom. The van der Waals surface area contributed by atoms with E-state index in [0.717, 1.165) is 6.08 Å². The molecule has 0 radical (unpaired) electrons. The molecule has 0 aliphatic carbocycles. The lowest BCUT2D eigenvalue weighted by Crippen LogP contribution is -2.41. The van der Waals surface area contributed by atoms with Crippen LogP contribution in [0.1, 0.15) is 11.1 Å². The van der Waals surface area contributed by atoms with Gasteiger partial charge in [0.15, 0.2) is 0 Å². The summed E-state index contributed by atoms with van der Waals surface area (Å²) in [6, 6.07) is 2.74. The number of hydrogen-bond donors (Lipinski definition) is 0. The van der Waals surface area contributed by atoms with Crippen LogP contribution in [0.3, 0.4) is 0 Å². The van der Waals surface area contributed by atoms with Crippen molar-refractivity contribution in [2.45, 2.75) is 19.2 Å². The quantitative estimate of drug-likeness (QED) is 0.155. The Balaban J connectivity index is 1.85. The topological polar surface area (TPSA) is 133 Å². The first-order valence-electron chi connectivity index (χ1n) is 9.06. The molecule has 1 aliphatic heterocycles. The average Bonchev–Trinajstić information content (AvgIpc) is 2.71. The van der Waals surface area contributed by atoms with E-state index < -0.39 is 41.9 Å². The fraction of sp³-hybridized carbons (Fsp3) is 0.444. The van der Waals surface area contributed by atoms with Gasteiger partial charge in [0.05, 0.1) is 18.8 Å². The molecule has 1 heterocycles. The van der Waals surface area contributed by atoms with Crippen molar-refractivity contribution in [3.05, 3.63) is 44.0 Å². The number of rotatable bonds is 10. The van der Waals surface area contributed by atoms with Crippen LogP contribution in [0.25, 0.3) is 6.08 Å². The van der Waals surface area contributed by atoms with E-state index in [2.05, 4.69) is 19.0 Å². The summed E-state index contributed by atoms with van der Waals surface area (Å²) in [6.07, 6.45) is -7.88. The minimum absolute atomic E-state index is 0.0785. The van der Waals surface area contributed by atoms with Gasteiger partial charge < -0.3 is 28.5 Å². The van der Waals surface area contributed by atoms with Crippen LogP contribution in [0.2, 0.25) is 5.02 Å². The van der Waals surface area contributed by atoms with Crippen molar-refractivity contribution in [1.29, 1.82) is 0 Å². The zero-order chi connectivity index (χ0) is 24.6. The first kappa shape index (κ1) is 26.0. The highest BCUT2D eigenvalue weighted by molar-refractivity contribution is 6.30. The lowest BCUT2D eigenvalue weighted by atomic mass is 9.99. The molecule has 15 heteroatoms. The van der Waals surface area contributed by atoms with Gasteiger partial charge in [-0.25, -0.2) is 9.59 Å². The summed E-state index contributed by atoms with van der Waals surface area (Å²) in [5.41, 5.74) is -0.369. The van der Waals surface area contributed by atoms with Crippen LogP contribution in [0.15, 0.2) is 17.7 Å². The van der Waals surface area contributed by atoms with E-state index in [4.69, 9.17) is 21.1 Å². The summed E-state index contributed by atoms with van der Waals surface area (Å²) in [4.78, 5) is 37.5. The molecule has 11 nitrogen and oxygen atoms in total. The van der Waals surface area contributed by atoms with Gasteiger partial charge in [-0.1, -0.05) is 11.6 Å². The minimum atomic E-state index is -4.93. The van der Waals surface area contributed by atoms with Crippen molar-refractivity contribution in [2.24, 2.45) is 0 Å². The Labute approximate surface area is 189 Å². The fourth-order valence-electron chi connectivity index (χ4n) is 2.57. The number of benzene rings is 1. The first-order valence-corrected chi connectivity index (χ1v) is 9.43. The van der Waals surface area contributed by atoms with Crippen LogP contribution >= 0.6 is 11.6 Å². The van der Waals surface area contributed by atoms with Crippen LogP contribution in [-0.4, -0.2) is 62.7 Å². The molecule has 1 atom stereocenters. The average molecular weight is 500 g/mol. The molecular weight excluding hydrogens is 483 g/mol. The lowest BCUT2D eigenvalue weighted by molar-refractivity contribution is -0.758. The van der Waals surface area contributed by atoms with E-state index >= 15 is 0 Å². The van der Waals surface area contributed by atoms with Gasteiger partial charge >= 0.3 is 18.3 Å². The van der Waals surface area contributed by atoms with Gasteiger partial charge in [-0.2, -0.15) is 13.2 Å². The fourth-order valence-corrected chi connectivity index (χ4v) is 2.85. The van der Waals surface area contributed by atoms with E-state index in [0.29, 0.717) is 5.56 Å². The molecule has 0 unspecified atom stereocenters. The number of fused-ring (bicyclic) bond motifs is 1. The van der Waals surface area contributed by atoms with E-state index in [-0.39, 0.29) is 42.8 Å². The second-order valence-electron chi connectivity index (χ2n) is 6.24. The molecule has 182 valence electrons. The maximum atomic E-state index is 13.4. The van der Waals surface area contributed by atoms with Gasteiger partial charge in [0.1, 0.15) is 19.0 Å². The number of aryl methyl sites for hydroxylation is 1. The molecule has 1 aromatic rings. The van der Waals surface area contributed by atoms with E-state index in [1.54, 1.807) is 0 Å². The summed E-state index contributed by atoms with van der Waals surface area (Å²) >= 11 is 5.91. The van der Waals surface area contributed by atoms with Crippen molar-refractivity contribution in [3.8, 4) is 5.75 Å². The van der Waals surface area contributed by atoms with E-state index in [1.807, 2.05) is 0 Å². The highest BCUT2D eigenvalue weighted by Gasteiger charge is 2.49. The summed E-state index contributed by atoms with van der Waals surface area (Å²) in [6.45, 7) is -0.435. The number of ether oxygens (including phenoxy) is 5. The number of alkyl halides is 3. The number of nitrogens with zero attached hydrogens (tertiary/aromatic N) is 1. The molecule has 2 rings (SSSR count). The normalized spacial score (nSPS) is 14.9. The highest BCUT2D eigenvalue weighted by Crippen LogP contribution is 2.40. The number of hydrogen-bond acceptors (Lipinski definition) is 10. The molecule has 0 amide bonds. The molecule has 0 aromatic heterocycles. The predicted molar refractivity (Wildman–Crippen MR) is 102 cm³/mol. The molecule has 0 fully saturated rings. The van der Waals surface area contributed by atoms with Crippen molar-refractivity contribution < 1.29 is 56.4 Å². The Bertz CT molecular complexity index is 921. The van der Waals surface area contributed by atoms with E-state index in [9.17, 15) is 32.9 Å². The largest absolute Gasteiger partial charge is 0.511 e. The molecule has 0 saturated carbocycles. The zero-order valence-electron chi connectivity index (χ0n) is 16.9. The van der Waals surface area contributed by atoms with Crippen LogP contribution in [0, 0.1) is 17.0 Å². The van der Waals surface area contributed by atoms with Crippen LogP contribution in [-0.2, 0) is 28.6 Å². The standard InChI is InChI=1S/C18H17ClF3NO10/c1-10-6-12(19)7-11-8-13(15(18(20,21)22)33-14(10)11)16(24)30-9-31-17(25)29-4-2-28-3-5-32-23(26)27/h6-8,15H,2-5,9H2,1H3/t15-/m0/s1. The lowest BCUT2D eigenvalue weighted by Gasteiger charge is -2.28. The van der Waals surface area contributed by atoms with Crippen molar-refractivity contribution in [2.75, 3.05) is 33.2 Å². The SMILES string of the molecule is Cc1cc(Cl)cc2c1O[C@H](C(F)(F)F)C(C(=O)OCOC(=O)OCCOCCO[N+](=O)[O-])=C2. The smallest absolute Gasteiger partial charge is 0.475 e. The van der Waals surface area contributed by atoms with Crippen molar-refractivity contribution >= 4 is 29.8 Å². The Morgan fingerprint density at radius 2 is 1.85 bits per heavy atom. The molecule has 0 N–H and O–H groups in total. The van der Waals surface area contributed by atoms with Crippen LogP contribution < -0.4 is 4.74 Å². The minimum Gasteiger partial charge on any atom is -0.475 e. The number of halogens is 4. The number of esters is 1. The second-order valence-corrected chi connectivity index (χ2v) is 6.68. The van der Waals surface area contributed by atoms with Crippen LogP contribution in [0.4, 0.5) is 18.0 Å². The third-order valence-corrected chi connectivity index (χ3v) is 4.09. The van der Waals surface area contributed by atoms with Crippen molar-refractivity contribution in [1.82, 2.24) is 0 Å². The first-order chi connectivity index (χ1) is 15.5. The predicted octanol–water partition coefficient (Wildman–Crippen LogP) is 3.23. The van der Waals surface area contributed by atoms with Gasteiger partial charge in [-0.3, -0.25) is 0 Å². The Kier molecular flexibility index (Phi) is 9.11. The third kappa shape index (κ3) is 7.98. The summed E-state index contributed by atoms with van der Waals surface area (Å²) < 4.78 is 63.8. The highest BCUT2D eigenvalue weighted by atomic mass is 35.5. The number of carbonyl (C=O) groups excluding carboxylic acids is 2. The Morgan fingerprint density at radius 3 is 2.52 bits per heavy atom. The molecule has 0 bridgehead atoms. The van der Waals surface area contributed by atoms with Gasteiger partial charge in [-0.05, 0) is 30.7 Å². The summed E-state index contributed by atoms with van der Waals surface area (Å²) in [7, 11) is 0. The molecule has 0 spiro atoms. The monoisotopic (exact) mass is 499 g/mol. The Hall–Kier alpha value is -3.26. The summed E-state index contributed by atoms with van der Waals surface area (Å²) in [5.74, 6) is -1.51. The van der Waals surface area contributed by atoms with Gasteiger partial charge in [-0.15, -0.1) is 10.1 Å². The van der Waals surface area contributed by atoms with Gasteiger partial charge in [0.2, 0.25) is 12.9 Å². The van der Waals surface area contributed by atoms with Gasteiger partial charge in [0.25, 0.3) is 5.09 Å². The maximum absolute atomic E-state index is 13.4. The summed E-state index contributed by atoms with van der Waals surface area (Å²) in [5, 5.41) is 9.14. The molecule has 33 heavy (non-hydrogen) atoms. The van der Waals surface area contributed by atoms with Crippen molar-refractivity contribution in [3.63, 3.8) is 0 Å². The molecule has 1 aliphatic rings.